The summed E-state index contributed by atoms with van der Waals surface area (Å²) in [5.74, 6) is 0.147. The molecule has 0 bridgehead atoms. The van der Waals surface area contributed by atoms with E-state index in [2.05, 4.69) is 20.3 Å². The summed E-state index contributed by atoms with van der Waals surface area (Å²) in [5.41, 5.74) is -1.84. The van der Waals surface area contributed by atoms with Gasteiger partial charge in [-0.3, -0.25) is 4.98 Å². The summed E-state index contributed by atoms with van der Waals surface area (Å²) in [6.07, 6.45) is -7.49. The fourth-order valence-corrected chi connectivity index (χ4v) is 6.66. The van der Waals surface area contributed by atoms with Gasteiger partial charge in [0.2, 0.25) is 10.0 Å². The lowest BCUT2D eigenvalue weighted by Gasteiger charge is -2.36. The van der Waals surface area contributed by atoms with Crippen molar-refractivity contribution in [3.8, 4) is 11.3 Å². The molecule has 2 aromatic carbocycles. The van der Waals surface area contributed by atoms with Crippen LogP contribution in [0.3, 0.4) is 0 Å². The molecule has 14 heteroatoms. The van der Waals surface area contributed by atoms with Gasteiger partial charge in [0.05, 0.1) is 34.6 Å². The number of alkyl halides is 6. The van der Waals surface area contributed by atoms with E-state index in [0.29, 0.717) is 11.8 Å². The molecule has 222 valence electrons. The van der Waals surface area contributed by atoms with E-state index in [1.54, 1.807) is 0 Å². The molecule has 0 unspecified atom stereocenters. The van der Waals surface area contributed by atoms with E-state index in [4.69, 9.17) is 0 Å². The van der Waals surface area contributed by atoms with Crippen LogP contribution in [0.15, 0.2) is 60.8 Å². The molecule has 1 fully saturated rings. The zero-order chi connectivity index (χ0) is 30.5. The molecular formula is C28H25F6N5O2S. The van der Waals surface area contributed by atoms with E-state index in [-0.39, 0.29) is 58.4 Å². The fourth-order valence-electron chi connectivity index (χ4n) is 4.74. The van der Waals surface area contributed by atoms with Crippen LogP contribution in [0.1, 0.15) is 37.2 Å². The molecule has 42 heavy (non-hydrogen) atoms. The number of fused-ring (bicyclic) bond motifs is 1. The SMILES string of the molecule is CC1(C)CCS(=O)(=O)N(Cc2nc(Nc3ccc(C(F)(F)F)cc3)c3ccc(-c4ncccc4C(F)(F)F)cc3n2)C1. The van der Waals surface area contributed by atoms with Crippen molar-refractivity contribution < 1.29 is 34.8 Å². The molecule has 0 spiro atoms. The predicted molar refractivity (Wildman–Crippen MR) is 145 cm³/mol. The van der Waals surface area contributed by atoms with E-state index in [1.165, 1.54) is 46.9 Å². The molecule has 1 saturated heterocycles. The predicted octanol–water partition coefficient (Wildman–Crippen LogP) is 7.03. The highest BCUT2D eigenvalue weighted by Gasteiger charge is 2.37. The molecule has 1 aliphatic heterocycles. The average molecular weight is 610 g/mol. The lowest BCUT2D eigenvalue weighted by atomic mass is 9.90. The third-order valence-electron chi connectivity index (χ3n) is 6.96. The summed E-state index contributed by atoms with van der Waals surface area (Å²) in [4.78, 5) is 12.9. The third kappa shape index (κ3) is 6.33. The smallest absolute Gasteiger partial charge is 0.340 e. The highest BCUT2D eigenvalue weighted by atomic mass is 32.2. The number of nitrogens with one attached hydrogen (secondary N) is 1. The van der Waals surface area contributed by atoms with Crippen molar-refractivity contribution in [2.75, 3.05) is 17.6 Å². The van der Waals surface area contributed by atoms with Crippen LogP contribution in [0.5, 0.6) is 0 Å². The molecule has 0 atom stereocenters. The van der Waals surface area contributed by atoms with Crippen LogP contribution in [0.4, 0.5) is 37.8 Å². The standard InChI is InChI=1S/C28H25F6N5O2S/c1-26(2)11-13-42(40,41)39(16-26)15-23-37-22-14-17(24-21(28(32,33)34)4-3-12-35-24)5-10-20(22)25(38-23)36-19-8-6-18(7-9-19)27(29,30)31/h3-10,12,14H,11,13,15-16H2,1-2H3,(H,36,37,38). The Balaban J connectivity index is 1.61. The van der Waals surface area contributed by atoms with Gasteiger partial charge in [0.25, 0.3) is 0 Å². The van der Waals surface area contributed by atoms with Gasteiger partial charge >= 0.3 is 12.4 Å². The van der Waals surface area contributed by atoms with E-state index < -0.39 is 33.5 Å². The van der Waals surface area contributed by atoms with Crippen molar-refractivity contribution >= 4 is 32.4 Å². The van der Waals surface area contributed by atoms with Crippen LogP contribution in [0, 0.1) is 5.41 Å². The number of nitrogens with zero attached hydrogens (tertiary/aromatic N) is 4. The molecule has 0 saturated carbocycles. The fraction of sp³-hybridized carbons (Fsp3) is 0.321. The zero-order valence-corrected chi connectivity index (χ0v) is 23.2. The Morgan fingerprint density at radius 3 is 2.33 bits per heavy atom. The molecule has 7 nitrogen and oxygen atoms in total. The number of pyridine rings is 1. The maximum Gasteiger partial charge on any atom is 0.418 e. The first-order chi connectivity index (χ1) is 19.5. The first kappa shape index (κ1) is 29.7. The molecule has 1 aliphatic rings. The highest BCUT2D eigenvalue weighted by molar-refractivity contribution is 7.89. The normalized spacial score (nSPS) is 17.3. The zero-order valence-electron chi connectivity index (χ0n) is 22.4. The summed E-state index contributed by atoms with van der Waals surface area (Å²) >= 11 is 0. The van der Waals surface area contributed by atoms with Crippen LogP contribution in [0.25, 0.3) is 22.2 Å². The minimum absolute atomic E-state index is 0.0612. The van der Waals surface area contributed by atoms with Crippen molar-refractivity contribution in [1.29, 1.82) is 0 Å². The maximum atomic E-state index is 13.7. The third-order valence-corrected chi connectivity index (χ3v) is 8.72. The lowest BCUT2D eigenvalue weighted by Crippen LogP contribution is -2.45. The molecule has 0 aliphatic carbocycles. The van der Waals surface area contributed by atoms with Gasteiger partial charge < -0.3 is 5.32 Å². The summed E-state index contributed by atoms with van der Waals surface area (Å²) in [7, 11) is -3.62. The molecule has 4 aromatic rings. The van der Waals surface area contributed by atoms with Gasteiger partial charge in [-0.2, -0.15) is 30.6 Å². The molecule has 3 heterocycles. The van der Waals surface area contributed by atoms with Gasteiger partial charge in [-0.05, 0) is 60.4 Å². The molecule has 2 aromatic heterocycles. The second-order valence-corrected chi connectivity index (χ2v) is 12.9. The second-order valence-electron chi connectivity index (χ2n) is 10.8. The Morgan fingerprint density at radius 1 is 0.952 bits per heavy atom. The molecule has 0 radical (unpaired) electrons. The quantitative estimate of drug-likeness (QED) is 0.245. The van der Waals surface area contributed by atoms with E-state index in [9.17, 15) is 34.8 Å². The van der Waals surface area contributed by atoms with Gasteiger partial charge in [0.15, 0.2) is 0 Å². The summed E-state index contributed by atoms with van der Waals surface area (Å²) in [6, 6.07) is 10.6. The number of aromatic nitrogens is 3. The Kier molecular flexibility index (Phi) is 7.42. The minimum atomic E-state index is -4.67. The highest BCUT2D eigenvalue weighted by Crippen LogP contribution is 2.38. The number of halogens is 6. The molecular weight excluding hydrogens is 584 g/mol. The van der Waals surface area contributed by atoms with Crippen molar-refractivity contribution in [3.05, 3.63) is 77.7 Å². The van der Waals surface area contributed by atoms with Crippen LogP contribution < -0.4 is 5.32 Å². The number of benzene rings is 2. The first-order valence-corrected chi connectivity index (χ1v) is 14.4. The molecule has 1 N–H and O–H groups in total. The van der Waals surface area contributed by atoms with E-state index in [1.807, 2.05) is 13.8 Å². The maximum absolute atomic E-state index is 13.7. The summed E-state index contributed by atoms with van der Waals surface area (Å²) < 4.78 is 107. The molecule has 0 amide bonds. The number of hydrogen-bond donors (Lipinski definition) is 1. The van der Waals surface area contributed by atoms with Gasteiger partial charge in [0, 0.05) is 29.4 Å². The van der Waals surface area contributed by atoms with E-state index >= 15 is 0 Å². The van der Waals surface area contributed by atoms with Crippen LogP contribution in [-0.2, 0) is 28.9 Å². The topological polar surface area (TPSA) is 88.1 Å². The van der Waals surface area contributed by atoms with Gasteiger partial charge in [0.1, 0.15) is 11.6 Å². The summed E-state index contributed by atoms with van der Waals surface area (Å²) in [5, 5.41) is 3.31. The largest absolute Gasteiger partial charge is 0.418 e. The second kappa shape index (κ2) is 10.5. The Bertz CT molecular complexity index is 1740. The van der Waals surface area contributed by atoms with Crippen molar-refractivity contribution in [2.45, 2.75) is 39.2 Å². The Labute approximate surface area is 237 Å². The minimum Gasteiger partial charge on any atom is -0.340 e. The van der Waals surface area contributed by atoms with Crippen molar-refractivity contribution in [3.63, 3.8) is 0 Å². The first-order valence-electron chi connectivity index (χ1n) is 12.8. The van der Waals surface area contributed by atoms with Gasteiger partial charge in [-0.15, -0.1) is 0 Å². The van der Waals surface area contributed by atoms with Crippen molar-refractivity contribution in [1.82, 2.24) is 19.3 Å². The summed E-state index contributed by atoms with van der Waals surface area (Å²) in [6.45, 7) is 3.88. The number of hydrogen-bond acceptors (Lipinski definition) is 6. The van der Waals surface area contributed by atoms with Gasteiger partial charge in [-0.1, -0.05) is 19.9 Å². The van der Waals surface area contributed by atoms with Crippen LogP contribution in [-0.4, -0.2) is 40.0 Å². The Hall–Kier alpha value is -3.78. The molecule has 5 rings (SSSR count). The average Bonchev–Trinajstić information content (AvgIpc) is 2.90. The Morgan fingerprint density at radius 2 is 1.67 bits per heavy atom. The number of sulfonamides is 1. The number of anilines is 2. The number of rotatable bonds is 5. The lowest BCUT2D eigenvalue weighted by molar-refractivity contribution is -0.138. The van der Waals surface area contributed by atoms with Crippen LogP contribution in [0.2, 0.25) is 0 Å². The van der Waals surface area contributed by atoms with E-state index in [0.717, 1.165) is 18.2 Å². The van der Waals surface area contributed by atoms with Crippen molar-refractivity contribution in [2.24, 2.45) is 5.41 Å². The van der Waals surface area contributed by atoms with Gasteiger partial charge in [-0.25, -0.2) is 18.4 Å². The monoisotopic (exact) mass is 609 g/mol. The van der Waals surface area contributed by atoms with Crippen LogP contribution >= 0.6 is 0 Å².